The number of nitrogens with zero attached hydrogens (tertiary/aromatic N) is 3. The normalized spacial score (nSPS) is 15.5. The van der Waals surface area contributed by atoms with Crippen LogP contribution in [0.3, 0.4) is 0 Å². The molecule has 0 radical (unpaired) electrons. The molecule has 1 saturated heterocycles. The second kappa shape index (κ2) is 9.33. The summed E-state index contributed by atoms with van der Waals surface area (Å²) < 4.78 is 26.6. The first kappa shape index (κ1) is 20.7. The van der Waals surface area contributed by atoms with Gasteiger partial charge in [0.05, 0.1) is 17.3 Å². The van der Waals surface area contributed by atoms with Gasteiger partial charge in [-0.3, -0.25) is 9.59 Å². The molecule has 10 heteroatoms. The van der Waals surface area contributed by atoms with Gasteiger partial charge in [0, 0.05) is 33.4 Å². The molecule has 0 atom stereocenters. The molecule has 0 unspecified atom stereocenters. The lowest BCUT2D eigenvalue weighted by atomic mass is 10.2. The minimum absolute atomic E-state index is 0.0488. The Bertz CT molecular complexity index is 729. The zero-order chi connectivity index (χ0) is 19.2. The van der Waals surface area contributed by atoms with E-state index in [1.807, 2.05) is 0 Å². The van der Waals surface area contributed by atoms with E-state index in [2.05, 4.69) is 10.3 Å². The second-order valence-electron chi connectivity index (χ2n) is 6.15. The van der Waals surface area contributed by atoms with Crippen LogP contribution in [-0.2, 0) is 19.6 Å². The summed E-state index contributed by atoms with van der Waals surface area (Å²) in [7, 11) is -0.261. The summed E-state index contributed by atoms with van der Waals surface area (Å²) in [5.74, 6) is -0.364. The second-order valence-corrected chi connectivity index (χ2v) is 9.08. The van der Waals surface area contributed by atoms with E-state index in [0.717, 1.165) is 19.3 Å². The molecule has 2 amide bonds. The fourth-order valence-corrected chi connectivity index (χ4v) is 4.52. The number of carbonyl (C=O) groups excluding carboxylic acids is 2. The van der Waals surface area contributed by atoms with Gasteiger partial charge in [0.25, 0.3) is 0 Å². The number of thioether (sulfide) groups is 1. The summed E-state index contributed by atoms with van der Waals surface area (Å²) in [5.41, 5.74) is 0. The van der Waals surface area contributed by atoms with Gasteiger partial charge >= 0.3 is 0 Å². The van der Waals surface area contributed by atoms with Crippen molar-refractivity contribution in [1.82, 2.24) is 19.5 Å². The molecule has 0 bridgehead atoms. The van der Waals surface area contributed by atoms with Crippen molar-refractivity contribution in [2.24, 2.45) is 0 Å². The highest BCUT2D eigenvalue weighted by molar-refractivity contribution is 7.99. The molecule has 2 heterocycles. The van der Waals surface area contributed by atoms with Gasteiger partial charge in [-0.1, -0.05) is 18.2 Å². The Morgan fingerprint density at radius 3 is 2.50 bits per heavy atom. The third-order valence-electron chi connectivity index (χ3n) is 3.95. The zero-order valence-electron chi connectivity index (χ0n) is 15.0. The standard InChI is InChI=1S/C16H24N4O4S2/c1-19(2)16(22)11-17-14(21)12-25-15-7-6-13(10-18-15)26(23,24)20-8-4-3-5-9-20/h6-7,10H,3-5,8-9,11-12H2,1-2H3,(H,17,21). The van der Waals surface area contributed by atoms with Crippen LogP contribution in [0.5, 0.6) is 0 Å². The molecular weight excluding hydrogens is 376 g/mol. The number of amides is 2. The number of carbonyl (C=O) groups is 2. The van der Waals surface area contributed by atoms with Gasteiger partial charge < -0.3 is 10.2 Å². The molecule has 1 N–H and O–H groups in total. The average Bonchev–Trinajstić information content (AvgIpc) is 2.65. The molecule has 144 valence electrons. The van der Waals surface area contributed by atoms with Gasteiger partial charge in [0.1, 0.15) is 4.90 Å². The number of likely N-dealkylation sites (N-methyl/N-ethyl adjacent to an activating group) is 1. The van der Waals surface area contributed by atoms with E-state index in [9.17, 15) is 18.0 Å². The fourth-order valence-electron chi connectivity index (χ4n) is 2.38. The van der Waals surface area contributed by atoms with Crippen LogP contribution < -0.4 is 5.32 Å². The van der Waals surface area contributed by atoms with Crippen LogP contribution in [0.15, 0.2) is 28.3 Å². The van der Waals surface area contributed by atoms with E-state index >= 15 is 0 Å². The molecule has 0 aromatic carbocycles. The number of piperidine rings is 1. The molecule has 0 spiro atoms. The van der Waals surface area contributed by atoms with Crippen molar-refractivity contribution >= 4 is 33.6 Å². The summed E-state index contributed by atoms with van der Waals surface area (Å²) in [4.78, 5) is 28.9. The predicted octanol–water partition coefficient (Wildman–Crippen LogP) is 0.553. The lowest BCUT2D eigenvalue weighted by Crippen LogP contribution is -2.37. The van der Waals surface area contributed by atoms with Crippen molar-refractivity contribution in [2.45, 2.75) is 29.2 Å². The van der Waals surface area contributed by atoms with Gasteiger partial charge in [-0.25, -0.2) is 13.4 Å². The molecule has 1 aromatic rings. The number of hydrogen-bond acceptors (Lipinski definition) is 6. The number of sulfonamides is 1. The largest absolute Gasteiger partial charge is 0.347 e. The summed E-state index contributed by atoms with van der Waals surface area (Å²) in [6.07, 6.45) is 4.15. The van der Waals surface area contributed by atoms with Gasteiger partial charge in [0.15, 0.2) is 0 Å². The Morgan fingerprint density at radius 2 is 1.92 bits per heavy atom. The molecular formula is C16H24N4O4S2. The van der Waals surface area contributed by atoms with Crippen LogP contribution in [0.4, 0.5) is 0 Å². The lowest BCUT2D eigenvalue weighted by molar-refractivity contribution is -0.130. The van der Waals surface area contributed by atoms with Gasteiger partial charge in [-0.15, -0.1) is 0 Å². The summed E-state index contributed by atoms with van der Waals surface area (Å²) in [5, 5.41) is 3.08. The number of pyridine rings is 1. The molecule has 1 aromatic heterocycles. The van der Waals surface area contributed by atoms with E-state index in [1.54, 1.807) is 20.2 Å². The summed E-state index contributed by atoms with van der Waals surface area (Å²) in [6.45, 7) is 1.04. The fraction of sp³-hybridized carbons (Fsp3) is 0.562. The van der Waals surface area contributed by atoms with E-state index < -0.39 is 10.0 Å². The Labute approximate surface area is 158 Å². The third-order valence-corrected chi connectivity index (χ3v) is 6.77. The van der Waals surface area contributed by atoms with Crippen molar-refractivity contribution in [2.75, 3.05) is 39.5 Å². The topological polar surface area (TPSA) is 99.7 Å². The van der Waals surface area contributed by atoms with Crippen molar-refractivity contribution in [3.05, 3.63) is 18.3 Å². The first-order valence-electron chi connectivity index (χ1n) is 8.36. The highest BCUT2D eigenvalue weighted by atomic mass is 32.2. The van der Waals surface area contributed by atoms with Crippen molar-refractivity contribution in [1.29, 1.82) is 0 Å². The van der Waals surface area contributed by atoms with Gasteiger partial charge in [0.2, 0.25) is 21.8 Å². The SMILES string of the molecule is CN(C)C(=O)CNC(=O)CSc1ccc(S(=O)(=O)N2CCCCC2)cn1. The zero-order valence-corrected chi connectivity index (χ0v) is 16.6. The first-order chi connectivity index (χ1) is 12.3. The molecule has 1 fully saturated rings. The van der Waals surface area contributed by atoms with E-state index in [4.69, 9.17) is 0 Å². The maximum absolute atomic E-state index is 12.5. The van der Waals surface area contributed by atoms with Gasteiger partial charge in [-0.05, 0) is 25.0 Å². The van der Waals surface area contributed by atoms with Crippen molar-refractivity contribution < 1.29 is 18.0 Å². The molecule has 26 heavy (non-hydrogen) atoms. The highest BCUT2D eigenvalue weighted by Gasteiger charge is 2.26. The van der Waals surface area contributed by atoms with Crippen LogP contribution in [0, 0.1) is 0 Å². The van der Waals surface area contributed by atoms with Crippen molar-refractivity contribution in [3.63, 3.8) is 0 Å². The summed E-state index contributed by atoms with van der Waals surface area (Å²) >= 11 is 1.19. The molecule has 1 aliphatic rings. The van der Waals surface area contributed by atoms with Crippen LogP contribution >= 0.6 is 11.8 Å². The number of aromatic nitrogens is 1. The Kier molecular flexibility index (Phi) is 7.42. The predicted molar refractivity (Wildman–Crippen MR) is 99.3 cm³/mol. The average molecular weight is 401 g/mol. The van der Waals surface area contributed by atoms with Crippen LogP contribution in [0.2, 0.25) is 0 Å². The highest BCUT2D eigenvalue weighted by Crippen LogP contribution is 2.22. The van der Waals surface area contributed by atoms with E-state index in [1.165, 1.54) is 33.2 Å². The Hall–Kier alpha value is -1.65. The third kappa shape index (κ3) is 5.68. The van der Waals surface area contributed by atoms with Crippen LogP contribution in [0.1, 0.15) is 19.3 Å². The van der Waals surface area contributed by atoms with E-state index in [0.29, 0.717) is 18.1 Å². The lowest BCUT2D eigenvalue weighted by Gasteiger charge is -2.25. The van der Waals surface area contributed by atoms with E-state index in [-0.39, 0.29) is 29.0 Å². The number of hydrogen-bond donors (Lipinski definition) is 1. The number of rotatable bonds is 7. The Morgan fingerprint density at radius 1 is 1.23 bits per heavy atom. The smallest absolute Gasteiger partial charge is 0.244 e. The molecule has 0 saturated carbocycles. The van der Waals surface area contributed by atoms with Crippen molar-refractivity contribution in [3.8, 4) is 0 Å². The summed E-state index contributed by atoms with van der Waals surface area (Å²) in [6, 6.07) is 3.12. The maximum Gasteiger partial charge on any atom is 0.244 e. The molecule has 0 aliphatic carbocycles. The van der Waals surface area contributed by atoms with Crippen LogP contribution in [-0.4, -0.2) is 73.9 Å². The molecule has 2 rings (SSSR count). The Balaban J connectivity index is 1.87. The molecule has 8 nitrogen and oxygen atoms in total. The monoisotopic (exact) mass is 400 g/mol. The minimum atomic E-state index is -3.50. The minimum Gasteiger partial charge on any atom is -0.347 e. The number of nitrogens with one attached hydrogen (secondary N) is 1. The first-order valence-corrected chi connectivity index (χ1v) is 10.8. The van der Waals surface area contributed by atoms with Crippen LogP contribution in [0.25, 0.3) is 0 Å². The molecule has 1 aliphatic heterocycles. The maximum atomic E-state index is 12.5. The quantitative estimate of drug-likeness (QED) is 0.671. The van der Waals surface area contributed by atoms with Gasteiger partial charge in [-0.2, -0.15) is 4.31 Å².